The van der Waals surface area contributed by atoms with Gasteiger partial charge in [-0.3, -0.25) is 0 Å². The molecule has 0 saturated heterocycles. The van der Waals surface area contributed by atoms with Crippen LogP contribution in [0.25, 0.3) is 93.6 Å². The van der Waals surface area contributed by atoms with Gasteiger partial charge in [0.25, 0.3) is 0 Å². The van der Waals surface area contributed by atoms with Crippen molar-refractivity contribution in [1.82, 2.24) is 4.57 Å². The van der Waals surface area contributed by atoms with Crippen molar-refractivity contribution in [3.63, 3.8) is 0 Å². The van der Waals surface area contributed by atoms with Gasteiger partial charge in [0.15, 0.2) is 0 Å². The van der Waals surface area contributed by atoms with Gasteiger partial charge < -0.3 is 18.3 Å². The van der Waals surface area contributed by atoms with Gasteiger partial charge in [0.05, 0.1) is 27.8 Å². The van der Waals surface area contributed by atoms with E-state index in [1.165, 1.54) is 5.39 Å². The van der Waals surface area contributed by atoms with Crippen molar-refractivity contribution < 1.29 is 8.83 Å². The predicted octanol–water partition coefficient (Wildman–Crippen LogP) is 15.4. The van der Waals surface area contributed by atoms with E-state index in [0.29, 0.717) is 0 Å². The Morgan fingerprint density at radius 1 is 0.362 bits per heavy atom. The molecule has 0 aliphatic rings. The first-order valence-electron chi connectivity index (χ1n) is 19.7. The van der Waals surface area contributed by atoms with Crippen LogP contribution in [0.2, 0.25) is 0 Å². The lowest BCUT2D eigenvalue weighted by atomic mass is 9.98. The molecule has 0 aliphatic carbocycles. The highest BCUT2D eigenvalue weighted by atomic mass is 16.3. The van der Waals surface area contributed by atoms with Crippen molar-refractivity contribution >= 4 is 82.7 Å². The summed E-state index contributed by atoms with van der Waals surface area (Å²) in [5.74, 6) is 0. The Balaban J connectivity index is 1.20. The Labute approximate surface area is 334 Å². The van der Waals surface area contributed by atoms with Crippen molar-refractivity contribution in [2.45, 2.75) is 0 Å². The zero-order valence-corrected chi connectivity index (χ0v) is 31.3. The molecule has 0 aliphatic heterocycles. The molecule has 0 atom stereocenters. The van der Waals surface area contributed by atoms with Crippen LogP contribution < -0.4 is 4.90 Å². The molecule has 9 aromatic carbocycles. The molecule has 272 valence electrons. The number of hydrogen-bond acceptors (Lipinski definition) is 3. The topological polar surface area (TPSA) is 34.5 Å². The maximum Gasteiger partial charge on any atom is 0.145 e. The second-order valence-corrected chi connectivity index (χ2v) is 14.9. The number of nitrogens with zero attached hydrogens (tertiary/aromatic N) is 2. The zero-order valence-electron chi connectivity index (χ0n) is 31.3. The maximum atomic E-state index is 7.04. The molecule has 12 aromatic rings. The van der Waals surface area contributed by atoms with E-state index in [4.69, 9.17) is 8.83 Å². The molecule has 58 heavy (non-hydrogen) atoms. The Kier molecular flexibility index (Phi) is 7.20. The van der Waals surface area contributed by atoms with Crippen LogP contribution in [0, 0.1) is 0 Å². The summed E-state index contributed by atoms with van der Waals surface area (Å²) in [6.07, 6.45) is 0. The molecule has 0 fully saturated rings. The Morgan fingerprint density at radius 3 is 1.83 bits per heavy atom. The number of furan rings is 2. The molecule has 3 aromatic heterocycles. The average Bonchev–Trinajstić information content (AvgIpc) is 3.97. The summed E-state index contributed by atoms with van der Waals surface area (Å²) in [7, 11) is 0. The summed E-state index contributed by atoms with van der Waals surface area (Å²) in [4.78, 5) is 2.41. The molecule has 0 spiro atoms. The van der Waals surface area contributed by atoms with Crippen molar-refractivity contribution in [2.75, 3.05) is 4.90 Å². The molecular weight excluding hydrogens is 709 g/mol. The van der Waals surface area contributed by atoms with Gasteiger partial charge in [0, 0.05) is 49.9 Å². The minimum atomic E-state index is 0.837. The summed E-state index contributed by atoms with van der Waals surface area (Å²) >= 11 is 0. The summed E-state index contributed by atoms with van der Waals surface area (Å²) in [5, 5.41) is 6.62. The van der Waals surface area contributed by atoms with Crippen molar-refractivity contribution in [1.29, 1.82) is 0 Å². The first-order chi connectivity index (χ1) is 28.8. The van der Waals surface area contributed by atoms with Gasteiger partial charge in [0.1, 0.15) is 22.3 Å². The quantitative estimate of drug-likeness (QED) is 0.170. The lowest BCUT2D eigenvalue weighted by molar-refractivity contribution is 0.669. The standard InChI is InChI=1S/C54H34N2O2/c1-4-15-35(16-5-1)37-27-29-44-50(33-37)58-54-40(36-17-6-2-7-18-36)31-32-48(53(44)54)56(39-28-30-42-41-21-11-13-26-49(41)57-51(42)34-39)47-25-14-24-46-52(47)43-22-10-12-23-45(43)55(46)38-19-8-3-9-20-38/h1-34H. The third-order valence-electron chi connectivity index (χ3n) is 11.6. The van der Waals surface area contributed by atoms with E-state index < -0.39 is 0 Å². The van der Waals surface area contributed by atoms with E-state index in [2.05, 4.69) is 204 Å². The fourth-order valence-corrected chi connectivity index (χ4v) is 9.01. The third-order valence-corrected chi connectivity index (χ3v) is 11.6. The first kappa shape index (κ1) is 32.4. The summed E-state index contributed by atoms with van der Waals surface area (Å²) < 4.78 is 16.0. The van der Waals surface area contributed by atoms with Crippen LogP contribution in [0.4, 0.5) is 17.1 Å². The normalized spacial score (nSPS) is 11.8. The van der Waals surface area contributed by atoms with Crippen LogP contribution in [0.1, 0.15) is 0 Å². The molecule has 4 heteroatoms. The van der Waals surface area contributed by atoms with Gasteiger partial charge in [-0.05, 0) is 89.5 Å². The number of fused-ring (bicyclic) bond motifs is 9. The third kappa shape index (κ3) is 4.95. The highest BCUT2D eigenvalue weighted by molar-refractivity contribution is 6.21. The molecule has 3 heterocycles. The van der Waals surface area contributed by atoms with Crippen molar-refractivity contribution in [3.8, 4) is 27.9 Å². The predicted molar refractivity (Wildman–Crippen MR) is 241 cm³/mol. The largest absolute Gasteiger partial charge is 0.456 e. The van der Waals surface area contributed by atoms with Gasteiger partial charge in [-0.1, -0.05) is 127 Å². The lowest BCUT2D eigenvalue weighted by Crippen LogP contribution is -2.11. The highest BCUT2D eigenvalue weighted by Gasteiger charge is 2.26. The van der Waals surface area contributed by atoms with Crippen LogP contribution >= 0.6 is 0 Å². The Bertz CT molecular complexity index is 3500. The summed E-state index contributed by atoms with van der Waals surface area (Å²) in [6, 6.07) is 73.1. The monoisotopic (exact) mass is 742 g/mol. The van der Waals surface area contributed by atoms with Crippen LogP contribution in [-0.4, -0.2) is 4.57 Å². The molecule has 0 saturated carbocycles. The fraction of sp³-hybridized carbons (Fsp3) is 0. The smallest absolute Gasteiger partial charge is 0.145 e. The maximum absolute atomic E-state index is 7.04. The molecule has 0 N–H and O–H groups in total. The van der Waals surface area contributed by atoms with E-state index in [1.54, 1.807) is 0 Å². The molecular formula is C54H34N2O2. The molecule has 12 rings (SSSR count). The minimum Gasteiger partial charge on any atom is -0.456 e. The highest BCUT2D eigenvalue weighted by Crippen LogP contribution is 2.50. The van der Waals surface area contributed by atoms with Crippen LogP contribution in [0.3, 0.4) is 0 Å². The van der Waals surface area contributed by atoms with E-state index in [0.717, 1.165) is 105 Å². The van der Waals surface area contributed by atoms with Gasteiger partial charge in [-0.15, -0.1) is 0 Å². The molecule has 0 amide bonds. The number of anilines is 3. The number of rotatable bonds is 6. The van der Waals surface area contributed by atoms with Crippen LogP contribution in [0.15, 0.2) is 215 Å². The second-order valence-electron chi connectivity index (χ2n) is 14.9. The summed E-state index contributed by atoms with van der Waals surface area (Å²) in [5.41, 5.74) is 14.3. The first-order valence-corrected chi connectivity index (χ1v) is 19.7. The van der Waals surface area contributed by atoms with E-state index in [-0.39, 0.29) is 0 Å². The van der Waals surface area contributed by atoms with Gasteiger partial charge in [-0.25, -0.2) is 0 Å². The number of hydrogen-bond donors (Lipinski definition) is 0. The summed E-state index contributed by atoms with van der Waals surface area (Å²) in [6.45, 7) is 0. The van der Waals surface area contributed by atoms with Crippen molar-refractivity contribution in [2.24, 2.45) is 0 Å². The number of aromatic nitrogens is 1. The van der Waals surface area contributed by atoms with Crippen LogP contribution in [-0.2, 0) is 0 Å². The Hall–Kier alpha value is -7.82. The van der Waals surface area contributed by atoms with Gasteiger partial charge in [-0.2, -0.15) is 0 Å². The molecule has 4 nitrogen and oxygen atoms in total. The van der Waals surface area contributed by atoms with Crippen LogP contribution in [0.5, 0.6) is 0 Å². The fourth-order valence-electron chi connectivity index (χ4n) is 9.01. The SMILES string of the molecule is c1ccc(-c2ccc3c(c2)oc2c(-c4ccccc4)ccc(N(c4ccc5c(c4)oc4ccccc45)c4cccc5c4c4ccccc4n5-c4ccccc4)c23)cc1. The van der Waals surface area contributed by atoms with Crippen molar-refractivity contribution in [3.05, 3.63) is 206 Å². The minimum absolute atomic E-state index is 0.837. The molecule has 0 bridgehead atoms. The average molecular weight is 743 g/mol. The number of para-hydroxylation sites is 3. The molecule has 0 radical (unpaired) electrons. The van der Waals surface area contributed by atoms with Gasteiger partial charge in [0.2, 0.25) is 0 Å². The lowest BCUT2D eigenvalue weighted by Gasteiger charge is -2.27. The van der Waals surface area contributed by atoms with E-state index in [1.807, 2.05) is 12.1 Å². The zero-order chi connectivity index (χ0) is 38.2. The van der Waals surface area contributed by atoms with Gasteiger partial charge >= 0.3 is 0 Å². The Morgan fingerprint density at radius 2 is 1.00 bits per heavy atom. The number of benzene rings is 9. The molecule has 0 unspecified atom stereocenters. The van der Waals surface area contributed by atoms with E-state index in [9.17, 15) is 0 Å². The van der Waals surface area contributed by atoms with E-state index >= 15 is 0 Å². The second kappa shape index (κ2) is 12.9.